The van der Waals surface area contributed by atoms with Gasteiger partial charge >= 0.3 is 0 Å². The normalized spacial score (nSPS) is 18.0. The van der Waals surface area contributed by atoms with Gasteiger partial charge in [0.2, 0.25) is 5.95 Å². The molecule has 19 heavy (non-hydrogen) atoms. The summed E-state index contributed by atoms with van der Waals surface area (Å²) >= 11 is 0. The van der Waals surface area contributed by atoms with Crippen LogP contribution in [-0.2, 0) is 0 Å². The molecule has 2 aromatic heterocycles. The van der Waals surface area contributed by atoms with Gasteiger partial charge in [-0.1, -0.05) is 0 Å². The molecule has 0 radical (unpaired) electrons. The number of aromatic amines is 1. The Bertz CT molecular complexity index is 570. The Kier molecular flexibility index (Phi) is 2.98. The second kappa shape index (κ2) is 4.65. The lowest BCUT2D eigenvalue weighted by molar-refractivity contribution is 0.252. The minimum Gasteiger partial charge on any atom is -0.368 e. The van der Waals surface area contributed by atoms with Crippen LogP contribution in [-0.4, -0.2) is 58.3 Å². The van der Waals surface area contributed by atoms with Crippen LogP contribution in [0.25, 0.3) is 11.0 Å². The van der Waals surface area contributed by atoms with Crippen molar-refractivity contribution in [3.63, 3.8) is 0 Å². The summed E-state index contributed by atoms with van der Waals surface area (Å²) in [5.74, 6) is 1.15. The first-order chi connectivity index (χ1) is 9.15. The number of hydrogen-bond acceptors (Lipinski definition) is 6. The maximum Gasteiger partial charge on any atom is 0.224 e. The molecule has 3 rings (SSSR count). The largest absolute Gasteiger partial charge is 0.368 e. The summed E-state index contributed by atoms with van der Waals surface area (Å²) in [6.07, 6.45) is 4.03. The van der Waals surface area contributed by atoms with Crippen molar-refractivity contribution in [2.45, 2.75) is 18.9 Å². The molecule has 7 nitrogen and oxygen atoms in total. The van der Waals surface area contributed by atoms with Gasteiger partial charge in [0.1, 0.15) is 5.82 Å². The number of anilines is 2. The Morgan fingerprint density at radius 3 is 2.84 bits per heavy atom. The van der Waals surface area contributed by atoms with Crippen LogP contribution < -0.4 is 10.6 Å². The summed E-state index contributed by atoms with van der Waals surface area (Å²) in [5.41, 5.74) is 6.46. The molecular weight excluding hydrogens is 242 g/mol. The quantitative estimate of drug-likeness (QED) is 0.817. The van der Waals surface area contributed by atoms with Crippen molar-refractivity contribution in [1.82, 2.24) is 25.1 Å². The van der Waals surface area contributed by atoms with E-state index in [4.69, 9.17) is 5.73 Å². The van der Waals surface area contributed by atoms with E-state index in [1.165, 1.54) is 0 Å². The SMILES string of the molecule is CN1CCC(N(C)c2nc(N)nc3[nH]ncc23)CC1. The molecule has 0 unspecified atom stereocenters. The Balaban J connectivity index is 1.92. The molecule has 3 N–H and O–H groups in total. The lowest BCUT2D eigenvalue weighted by atomic mass is 10.0. The fourth-order valence-corrected chi connectivity index (χ4v) is 2.66. The smallest absolute Gasteiger partial charge is 0.224 e. The molecule has 7 heteroatoms. The van der Waals surface area contributed by atoms with Crippen LogP contribution in [0, 0.1) is 0 Å². The first-order valence-electron chi connectivity index (χ1n) is 6.53. The molecule has 0 aromatic carbocycles. The Hall–Kier alpha value is -1.89. The second-order valence-corrected chi connectivity index (χ2v) is 5.18. The number of H-pyrrole nitrogens is 1. The summed E-state index contributed by atoms with van der Waals surface area (Å²) < 4.78 is 0. The molecular formula is C12H19N7. The lowest BCUT2D eigenvalue weighted by Crippen LogP contribution is -2.42. The molecule has 0 spiro atoms. The molecule has 3 heterocycles. The minimum atomic E-state index is 0.284. The average molecular weight is 261 g/mol. The van der Waals surface area contributed by atoms with E-state index in [-0.39, 0.29) is 5.95 Å². The van der Waals surface area contributed by atoms with E-state index in [1.54, 1.807) is 6.20 Å². The standard InChI is InChI=1S/C12H19N7/c1-18-5-3-8(4-6-18)19(2)11-9-7-14-17-10(9)15-12(13)16-11/h7-8H,3-6H2,1-2H3,(H3,13,14,15,16,17). The zero-order valence-corrected chi connectivity index (χ0v) is 11.3. The predicted molar refractivity (Wildman–Crippen MR) is 75.0 cm³/mol. The van der Waals surface area contributed by atoms with Crippen LogP contribution in [0.4, 0.5) is 11.8 Å². The van der Waals surface area contributed by atoms with Crippen molar-refractivity contribution in [1.29, 1.82) is 0 Å². The van der Waals surface area contributed by atoms with Gasteiger partial charge in [0.05, 0.1) is 11.6 Å². The van der Waals surface area contributed by atoms with Crippen molar-refractivity contribution < 1.29 is 0 Å². The van der Waals surface area contributed by atoms with E-state index in [9.17, 15) is 0 Å². The molecule has 0 saturated carbocycles. The molecule has 1 aliphatic rings. The number of piperidine rings is 1. The number of nitrogens with one attached hydrogen (secondary N) is 1. The molecule has 1 saturated heterocycles. The predicted octanol–water partition coefficient (Wildman–Crippen LogP) is 0.465. The molecule has 1 fully saturated rings. The minimum absolute atomic E-state index is 0.284. The van der Waals surface area contributed by atoms with Gasteiger partial charge in [0.15, 0.2) is 5.65 Å². The number of nitrogens with zero attached hydrogens (tertiary/aromatic N) is 5. The van der Waals surface area contributed by atoms with E-state index >= 15 is 0 Å². The fourth-order valence-electron chi connectivity index (χ4n) is 2.66. The van der Waals surface area contributed by atoms with Gasteiger partial charge in [-0.05, 0) is 33.0 Å². The number of nitrogens with two attached hydrogens (primary N) is 1. The third-order valence-corrected chi connectivity index (χ3v) is 3.88. The van der Waals surface area contributed by atoms with Crippen LogP contribution in [0.1, 0.15) is 12.8 Å². The van der Waals surface area contributed by atoms with Gasteiger partial charge < -0.3 is 15.5 Å². The van der Waals surface area contributed by atoms with E-state index in [2.05, 4.69) is 44.1 Å². The molecule has 2 aromatic rings. The maximum atomic E-state index is 5.77. The lowest BCUT2D eigenvalue weighted by Gasteiger charge is -2.35. The zero-order valence-electron chi connectivity index (χ0n) is 11.3. The average Bonchev–Trinajstić information content (AvgIpc) is 2.85. The monoisotopic (exact) mass is 261 g/mol. The van der Waals surface area contributed by atoms with Gasteiger partial charge in [-0.15, -0.1) is 0 Å². The number of likely N-dealkylation sites (tertiary alicyclic amines) is 1. The van der Waals surface area contributed by atoms with Crippen LogP contribution in [0.5, 0.6) is 0 Å². The highest BCUT2D eigenvalue weighted by atomic mass is 15.3. The van der Waals surface area contributed by atoms with Gasteiger partial charge in [-0.3, -0.25) is 5.10 Å². The Morgan fingerprint density at radius 1 is 1.37 bits per heavy atom. The van der Waals surface area contributed by atoms with Crippen molar-refractivity contribution in [2.75, 3.05) is 37.8 Å². The summed E-state index contributed by atoms with van der Waals surface area (Å²) in [6.45, 7) is 2.23. The van der Waals surface area contributed by atoms with Crippen LogP contribution >= 0.6 is 0 Å². The van der Waals surface area contributed by atoms with Gasteiger partial charge in [0.25, 0.3) is 0 Å². The Morgan fingerprint density at radius 2 is 2.11 bits per heavy atom. The maximum absolute atomic E-state index is 5.77. The van der Waals surface area contributed by atoms with E-state index in [0.717, 1.165) is 37.1 Å². The molecule has 0 aliphatic carbocycles. The van der Waals surface area contributed by atoms with E-state index in [0.29, 0.717) is 11.7 Å². The molecule has 1 aliphatic heterocycles. The van der Waals surface area contributed by atoms with Crippen molar-refractivity contribution in [3.05, 3.63) is 6.20 Å². The summed E-state index contributed by atoms with van der Waals surface area (Å²) in [6, 6.07) is 0.489. The highest BCUT2D eigenvalue weighted by Gasteiger charge is 2.23. The fraction of sp³-hybridized carbons (Fsp3) is 0.583. The second-order valence-electron chi connectivity index (χ2n) is 5.18. The van der Waals surface area contributed by atoms with Gasteiger partial charge in [-0.2, -0.15) is 15.1 Å². The molecule has 0 bridgehead atoms. The number of nitrogen functional groups attached to an aromatic ring is 1. The number of fused-ring (bicyclic) bond motifs is 1. The number of aromatic nitrogens is 4. The third kappa shape index (κ3) is 2.21. The first kappa shape index (κ1) is 12.2. The van der Waals surface area contributed by atoms with Gasteiger partial charge in [-0.25, -0.2) is 0 Å². The molecule has 0 atom stereocenters. The molecule has 0 amide bonds. The number of hydrogen-bond donors (Lipinski definition) is 2. The van der Waals surface area contributed by atoms with E-state index in [1.807, 2.05) is 0 Å². The topological polar surface area (TPSA) is 87.0 Å². The first-order valence-corrected chi connectivity index (χ1v) is 6.53. The van der Waals surface area contributed by atoms with Crippen LogP contribution in [0.3, 0.4) is 0 Å². The van der Waals surface area contributed by atoms with E-state index < -0.39 is 0 Å². The van der Waals surface area contributed by atoms with Crippen LogP contribution in [0.15, 0.2) is 6.20 Å². The van der Waals surface area contributed by atoms with Gasteiger partial charge in [0, 0.05) is 13.1 Å². The highest BCUT2D eigenvalue weighted by molar-refractivity contribution is 5.87. The Labute approximate surface area is 111 Å². The van der Waals surface area contributed by atoms with Crippen molar-refractivity contribution in [2.24, 2.45) is 0 Å². The van der Waals surface area contributed by atoms with Crippen molar-refractivity contribution in [3.8, 4) is 0 Å². The van der Waals surface area contributed by atoms with Crippen LogP contribution in [0.2, 0.25) is 0 Å². The summed E-state index contributed by atoms with van der Waals surface area (Å²) in [7, 11) is 4.23. The summed E-state index contributed by atoms with van der Waals surface area (Å²) in [5, 5.41) is 7.80. The van der Waals surface area contributed by atoms with Crippen molar-refractivity contribution >= 4 is 22.8 Å². The number of rotatable bonds is 2. The summed E-state index contributed by atoms with van der Waals surface area (Å²) in [4.78, 5) is 13.1. The highest BCUT2D eigenvalue weighted by Crippen LogP contribution is 2.26. The third-order valence-electron chi connectivity index (χ3n) is 3.88. The zero-order chi connectivity index (χ0) is 13.4. The molecule has 102 valence electrons.